The molecule has 1 fully saturated rings. The number of hydrogen-bond acceptors (Lipinski definition) is 4. The molecule has 3 heterocycles. The lowest BCUT2D eigenvalue weighted by Gasteiger charge is -2.28. The highest BCUT2D eigenvalue weighted by Gasteiger charge is 2.27. The van der Waals surface area contributed by atoms with Crippen molar-refractivity contribution in [2.75, 3.05) is 0 Å². The third kappa shape index (κ3) is 3.84. The summed E-state index contributed by atoms with van der Waals surface area (Å²) in [7, 11) is 0. The maximum Gasteiger partial charge on any atom is 0.255 e. The van der Waals surface area contributed by atoms with Crippen LogP contribution in [-0.4, -0.2) is 38.9 Å². The molecule has 0 radical (unpaired) electrons. The van der Waals surface area contributed by atoms with E-state index in [1.165, 1.54) is 0 Å². The fraction of sp³-hybridized carbons (Fsp3) is 0.476. The molecule has 2 aliphatic rings. The van der Waals surface area contributed by atoms with E-state index in [1.807, 2.05) is 23.9 Å². The second-order valence-corrected chi connectivity index (χ2v) is 8.14. The summed E-state index contributed by atoms with van der Waals surface area (Å²) in [4.78, 5) is 21.8. The Morgan fingerprint density at radius 1 is 1.39 bits per heavy atom. The van der Waals surface area contributed by atoms with E-state index in [0.717, 1.165) is 43.3 Å². The van der Waals surface area contributed by atoms with Gasteiger partial charge in [0.25, 0.3) is 5.91 Å². The number of nitrogens with one attached hydrogen (secondary N) is 1. The van der Waals surface area contributed by atoms with Crippen LogP contribution in [0.25, 0.3) is 11.0 Å². The zero-order valence-electron chi connectivity index (χ0n) is 15.9. The Balaban J connectivity index is 1.62. The summed E-state index contributed by atoms with van der Waals surface area (Å²) in [5, 5.41) is 13.8. The minimum atomic E-state index is -0.490. The average molecular weight is 401 g/mol. The molecule has 2 aromatic heterocycles. The number of hydrogen-bond donors (Lipinski definition) is 2. The topological polar surface area (TPSA) is 79.5 Å². The van der Waals surface area contributed by atoms with Crippen LogP contribution >= 0.6 is 11.6 Å². The number of fused-ring (bicyclic) bond motifs is 1. The minimum absolute atomic E-state index is 0.211. The van der Waals surface area contributed by atoms with E-state index in [2.05, 4.69) is 21.4 Å². The van der Waals surface area contributed by atoms with Gasteiger partial charge in [-0.05, 0) is 32.3 Å². The molecule has 7 heteroatoms. The maximum absolute atomic E-state index is 13.0. The minimum Gasteiger partial charge on any atom is -0.391 e. The summed E-state index contributed by atoms with van der Waals surface area (Å²) in [5.41, 5.74) is 2.88. The van der Waals surface area contributed by atoms with E-state index in [4.69, 9.17) is 11.6 Å². The Morgan fingerprint density at radius 2 is 2.21 bits per heavy atom. The number of pyridine rings is 1. The van der Waals surface area contributed by atoms with Crippen LogP contribution < -0.4 is 5.32 Å². The van der Waals surface area contributed by atoms with E-state index in [9.17, 15) is 9.90 Å². The molecule has 2 aromatic rings. The highest BCUT2D eigenvalue weighted by atomic mass is 35.5. The number of halogens is 1. The molecule has 1 amide bonds. The predicted octanol–water partition coefficient (Wildman–Crippen LogP) is 3.72. The first kappa shape index (κ1) is 19.2. The largest absolute Gasteiger partial charge is 0.391 e. The number of aliphatic hydroxyl groups excluding tert-OH is 1. The molecule has 148 valence electrons. The van der Waals surface area contributed by atoms with Crippen molar-refractivity contribution in [2.24, 2.45) is 10.9 Å². The van der Waals surface area contributed by atoms with Gasteiger partial charge in [0.05, 0.1) is 28.2 Å². The summed E-state index contributed by atoms with van der Waals surface area (Å²) in [6.07, 6.45) is 11.5. The van der Waals surface area contributed by atoms with E-state index in [0.29, 0.717) is 22.6 Å². The SMILES string of the molecule is CC1=CCC(Cn2cc(C(=O)N[C@H]3CCCC[C@@H]3O)c3nccc(Cl)c32)C=N1. The maximum atomic E-state index is 13.0. The van der Waals surface area contributed by atoms with Crippen LogP contribution in [0.3, 0.4) is 0 Å². The summed E-state index contributed by atoms with van der Waals surface area (Å²) >= 11 is 6.46. The molecular weight excluding hydrogens is 376 g/mol. The molecule has 0 saturated heterocycles. The van der Waals surface area contributed by atoms with Gasteiger partial charge in [-0.1, -0.05) is 30.5 Å². The summed E-state index contributed by atoms with van der Waals surface area (Å²) in [5.74, 6) is 0.0316. The lowest BCUT2D eigenvalue weighted by molar-refractivity contribution is 0.0718. The fourth-order valence-corrected chi connectivity index (χ4v) is 4.31. The second kappa shape index (κ2) is 8.05. The molecule has 6 nitrogen and oxygen atoms in total. The van der Waals surface area contributed by atoms with Crippen molar-refractivity contribution in [3.63, 3.8) is 0 Å². The highest BCUT2D eigenvalue weighted by Crippen LogP contribution is 2.28. The zero-order chi connectivity index (χ0) is 19.7. The van der Waals surface area contributed by atoms with E-state index < -0.39 is 6.10 Å². The summed E-state index contributed by atoms with van der Waals surface area (Å²) in [6, 6.07) is 1.53. The molecule has 0 bridgehead atoms. The third-order valence-electron chi connectivity index (χ3n) is 5.63. The van der Waals surface area contributed by atoms with Gasteiger partial charge in [-0.25, -0.2) is 0 Å². The first-order valence-corrected chi connectivity index (χ1v) is 10.2. The number of carbonyl (C=O) groups excluding carboxylic acids is 1. The molecule has 1 aliphatic heterocycles. The second-order valence-electron chi connectivity index (χ2n) is 7.74. The van der Waals surface area contributed by atoms with Crippen LogP contribution in [-0.2, 0) is 6.54 Å². The third-order valence-corrected chi connectivity index (χ3v) is 5.93. The average Bonchev–Trinajstić information content (AvgIpc) is 3.05. The van der Waals surface area contributed by atoms with Crippen molar-refractivity contribution < 1.29 is 9.90 Å². The Kier molecular flexibility index (Phi) is 5.51. The fourth-order valence-electron chi connectivity index (χ4n) is 4.05. The normalized spacial score (nSPS) is 25.0. The summed E-state index contributed by atoms with van der Waals surface area (Å²) < 4.78 is 2.00. The van der Waals surface area contributed by atoms with Gasteiger partial charge >= 0.3 is 0 Å². The predicted molar refractivity (Wildman–Crippen MR) is 111 cm³/mol. The van der Waals surface area contributed by atoms with Gasteiger partial charge in [-0.3, -0.25) is 14.8 Å². The number of rotatable bonds is 4. The summed E-state index contributed by atoms with van der Waals surface area (Å²) in [6.45, 7) is 2.66. The first-order valence-electron chi connectivity index (χ1n) is 9.86. The number of carbonyl (C=O) groups is 1. The number of aliphatic imine (C=N–C) groups is 1. The highest BCUT2D eigenvalue weighted by molar-refractivity contribution is 6.35. The van der Waals surface area contributed by atoms with Crippen molar-refractivity contribution in [2.45, 2.75) is 57.7 Å². The Bertz CT molecular complexity index is 949. The van der Waals surface area contributed by atoms with Crippen molar-refractivity contribution in [3.05, 3.63) is 40.8 Å². The smallest absolute Gasteiger partial charge is 0.255 e. The number of allylic oxidation sites excluding steroid dienone is 2. The monoisotopic (exact) mass is 400 g/mol. The van der Waals surface area contributed by atoms with Gasteiger partial charge in [0.2, 0.25) is 0 Å². The quantitative estimate of drug-likeness (QED) is 0.820. The molecular formula is C21H25ClN4O2. The van der Waals surface area contributed by atoms with Gasteiger partial charge in [0.1, 0.15) is 5.52 Å². The number of aliphatic hydroxyl groups is 1. The molecule has 2 N–H and O–H groups in total. The van der Waals surface area contributed by atoms with Gasteiger partial charge in [-0.2, -0.15) is 0 Å². The zero-order valence-corrected chi connectivity index (χ0v) is 16.7. The van der Waals surface area contributed by atoms with Crippen LogP contribution in [0.4, 0.5) is 0 Å². The molecule has 4 rings (SSSR count). The number of nitrogens with zero attached hydrogens (tertiary/aromatic N) is 3. The molecule has 1 unspecified atom stereocenters. The van der Waals surface area contributed by atoms with Gasteiger partial charge < -0.3 is 15.0 Å². The molecule has 0 aromatic carbocycles. The van der Waals surface area contributed by atoms with Crippen LogP contribution in [0.1, 0.15) is 49.4 Å². The molecule has 28 heavy (non-hydrogen) atoms. The van der Waals surface area contributed by atoms with Crippen molar-refractivity contribution in [3.8, 4) is 0 Å². The van der Waals surface area contributed by atoms with E-state index in [1.54, 1.807) is 12.3 Å². The molecule has 3 atom stereocenters. The Hall–Kier alpha value is -2.18. The van der Waals surface area contributed by atoms with Crippen LogP contribution in [0, 0.1) is 5.92 Å². The Labute approximate surface area is 169 Å². The standard InChI is InChI=1S/C21H25ClN4O2/c1-13-6-7-14(10-24-13)11-26-12-15(19-20(26)16(22)8-9-23-19)21(28)25-17-4-2-3-5-18(17)27/h6,8-10,12,14,17-18,27H,2-5,7,11H2,1H3,(H,25,28)/t14?,17-,18-/m0/s1. The van der Waals surface area contributed by atoms with Gasteiger partial charge in [0, 0.05) is 36.8 Å². The molecule has 1 aliphatic carbocycles. The van der Waals surface area contributed by atoms with E-state index >= 15 is 0 Å². The van der Waals surface area contributed by atoms with Crippen molar-refractivity contribution >= 4 is 34.8 Å². The molecule has 0 spiro atoms. The van der Waals surface area contributed by atoms with Gasteiger partial charge in [0.15, 0.2) is 0 Å². The number of aromatic nitrogens is 2. The van der Waals surface area contributed by atoms with E-state index in [-0.39, 0.29) is 17.9 Å². The number of amides is 1. The van der Waals surface area contributed by atoms with Crippen LogP contribution in [0.5, 0.6) is 0 Å². The van der Waals surface area contributed by atoms with Crippen molar-refractivity contribution in [1.29, 1.82) is 0 Å². The molecule has 1 saturated carbocycles. The lowest BCUT2D eigenvalue weighted by Crippen LogP contribution is -2.45. The lowest BCUT2D eigenvalue weighted by atomic mass is 9.92. The first-order chi connectivity index (χ1) is 13.5. The van der Waals surface area contributed by atoms with Crippen molar-refractivity contribution in [1.82, 2.24) is 14.9 Å². The van der Waals surface area contributed by atoms with Crippen LogP contribution in [0.15, 0.2) is 35.2 Å². The van der Waals surface area contributed by atoms with Gasteiger partial charge in [-0.15, -0.1) is 0 Å². The Morgan fingerprint density at radius 3 is 2.96 bits per heavy atom. The van der Waals surface area contributed by atoms with Crippen LogP contribution in [0.2, 0.25) is 5.02 Å².